The zero-order valence-corrected chi connectivity index (χ0v) is 10.5. The second-order valence-corrected chi connectivity index (χ2v) is 5.41. The Labute approximate surface area is 102 Å². The van der Waals surface area contributed by atoms with Crippen LogP contribution in [0.4, 0.5) is 0 Å². The summed E-state index contributed by atoms with van der Waals surface area (Å²) in [5.41, 5.74) is 7.53. The Morgan fingerprint density at radius 2 is 1.94 bits per heavy atom. The van der Waals surface area contributed by atoms with E-state index in [1.807, 2.05) is 12.1 Å². The molecule has 1 aliphatic rings. The minimum atomic E-state index is 0.120. The third kappa shape index (κ3) is 3.48. The molecule has 0 bridgehead atoms. The van der Waals surface area contributed by atoms with Gasteiger partial charge in [-0.3, -0.25) is 0 Å². The smallest absolute Gasteiger partial charge is 0.0406 e. The summed E-state index contributed by atoms with van der Waals surface area (Å²) in [5, 5.41) is 0.802. The fraction of sp³-hybridized carbons (Fsp3) is 0.538. The molecule has 0 unspecified atom stereocenters. The highest BCUT2D eigenvalue weighted by molar-refractivity contribution is 6.30. The van der Waals surface area contributed by atoms with Gasteiger partial charge >= 0.3 is 0 Å². The normalized spacial score (nSPS) is 17.8. The van der Waals surface area contributed by atoms with E-state index in [0.717, 1.165) is 24.5 Å². The van der Waals surface area contributed by atoms with E-state index in [1.54, 1.807) is 0 Å². The van der Waals surface area contributed by atoms with Crippen molar-refractivity contribution in [3.63, 3.8) is 0 Å². The van der Waals surface area contributed by atoms with Crippen molar-refractivity contribution in [1.29, 1.82) is 0 Å². The van der Waals surface area contributed by atoms with E-state index in [0.29, 0.717) is 0 Å². The highest BCUT2D eigenvalue weighted by atomic mass is 35.5. The Bertz CT molecular complexity index is 343. The summed E-state index contributed by atoms with van der Waals surface area (Å²) in [4.78, 5) is 2.32. The van der Waals surface area contributed by atoms with E-state index in [1.165, 1.54) is 18.4 Å². The molecule has 0 atom stereocenters. The van der Waals surface area contributed by atoms with Gasteiger partial charge in [0.15, 0.2) is 0 Å². The third-order valence-corrected chi connectivity index (χ3v) is 3.42. The molecule has 1 aromatic carbocycles. The first-order valence-corrected chi connectivity index (χ1v) is 6.17. The van der Waals surface area contributed by atoms with Crippen LogP contribution in [0.25, 0.3) is 0 Å². The monoisotopic (exact) mass is 238 g/mol. The van der Waals surface area contributed by atoms with Crippen molar-refractivity contribution in [3.05, 3.63) is 34.9 Å². The fourth-order valence-electron chi connectivity index (χ4n) is 1.91. The van der Waals surface area contributed by atoms with E-state index >= 15 is 0 Å². The predicted molar refractivity (Wildman–Crippen MR) is 68.8 cm³/mol. The van der Waals surface area contributed by atoms with E-state index in [4.69, 9.17) is 17.3 Å². The molecule has 0 heterocycles. The molecule has 1 saturated carbocycles. The third-order valence-electron chi connectivity index (χ3n) is 3.17. The van der Waals surface area contributed by atoms with E-state index in [-0.39, 0.29) is 5.54 Å². The van der Waals surface area contributed by atoms with Gasteiger partial charge in [0.2, 0.25) is 0 Å². The summed E-state index contributed by atoms with van der Waals surface area (Å²) < 4.78 is 0. The van der Waals surface area contributed by atoms with Crippen LogP contribution in [0, 0.1) is 0 Å². The molecule has 88 valence electrons. The molecule has 0 spiro atoms. The van der Waals surface area contributed by atoms with Crippen LogP contribution in [0.1, 0.15) is 18.4 Å². The largest absolute Gasteiger partial charge is 0.324 e. The van der Waals surface area contributed by atoms with Gasteiger partial charge in [-0.25, -0.2) is 0 Å². The maximum absolute atomic E-state index is 6.08. The average Bonchev–Trinajstić information content (AvgIpc) is 2.95. The van der Waals surface area contributed by atoms with E-state index < -0.39 is 0 Å². The number of halogens is 1. The van der Waals surface area contributed by atoms with Crippen molar-refractivity contribution >= 4 is 11.6 Å². The summed E-state index contributed by atoms with van der Waals surface area (Å²) in [5.74, 6) is 0. The van der Waals surface area contributed by atoms with E-state index in [2.05, 4.69) is 24.1 Å². The molecule has 0 radical (unpaired) electrons. The molecule has 3 heteroatoms. The van der Waals surface area contributed by atoms with Crippen LogP contribution in [0.3, 0.4) is 0 Å². The number of benzene rings is 1. The first-order chi connectivity index (χ1) is 7.57. The van der Waals surface area contributed by atoms with Crippen LogP contribution in [0.15, 0.2) is 24.3 Å². The van der Waals surface area contributed by atoms with Gasteiger partial charge in [0, 0.05) is 23.7 Å². The molecule has 0 amide bonds. The van der Waals surface area contributed by atoms with Crippen LogP contribution in [0.2, 0.25) is 5.02 Å². The molecule has 2 rings (SSSR count). The molecule has 0 aliphatic heterocycles. The summed E-state index contributed by atoms with van der Waals surface area (Å²) in [6.07, 6.45) is 3.42. The topological polar surface area (TPSA) is 29.3 Å². The van der Waals surface area contributed by atoms with Gasteiger partial charge in [0.25, 0.3) is 0 Å². The Hall–Kier alpha value is -0.570. The zero-order chi connectivity index (χ0) is 11.6. The SMILES string of the molecule is CN(CCc1ccc(Cl)cc1)CC1(N)CC1. The number of rotatable bonds is 5. The zero-order valence-electron chi connectivity index (χ0n) is 9.75. The molecule has 0 saturated heterocycles. The molecule has 2 N–H and O–H groups in total. The van der Waals surface area contributed by atoms with Gasteiger partial charge < -0.3 is 10.6 Å². The maximum Gasteiger partial charge on any atom is 0.0406 e. The van der Waals surface area contributed by atoms with Crippen LogP contribution >= 0.6 is 11.6 Å². The quantitative estimate of drug-likeness (QED) is 0.853. The van der Waals surface area contributed by atoms with Crippen LogP contribution in [-0.4, -0.2) is 30.6 Å². The lowest BCUT2D eigenvalue weighted by molar-refractivity contribution is 0.306. The average molecular weight is 239 g/mol. The Kier molecular flexibility index (Phi) is 3.53. The highest BCUT2D eigenvalue weighted by Gasteiger charge is 2.38. The molecule has 16 heavy (non-hydrogen) atoms. The Balaban J connectivity index is 1.76. The molecular formula is C13H19ClN2. The number of likely N-dealkylation sites (N-methyl/N-ethyl adjacent to an activating group) is 1. The lowest BCUT2D eigenvalue weighted by atomic mass is 10.1. The summed E-state index contributed by atoms with van der Waals surface area (Å²) in [7, 11) is 2.14. The first-order valence-electron chi connectivity index (χ1n) is 5.79. The molecular weight excluding hydrogens is 220 g/mol. The summed E-state index contributed by atoms with van der Waals surface area (Å²) in [6.45, 7) is 2.07. The molecule has 1 aromatic rings. The molecule has 1 aliphatic carbocycles. The Morgan fingerprint density at radius 3 is 2.50 bits per heavy atom. The number of nitrogens with zero attached hydrogens (tertiary/aromatic N) is 1. The van der Waals surface area contributed by atoms with Gasteiger partial charge in [-0.05, 0) is 44.0 Å². The van der Waals surface area contributed by atoms with Crippen molar-refractivity contribution in [2.75, 3.05) is 20.1 Å². The van der Waals surface area contributed by atoms with Crippen molar-refractivity contribution in [2.45, 2.75) is 24.8 Å². The van der Waals surface area contributed by atoms with Gasteiger partial charge in [-0.15, -0.1) is 0 Å². The van der Waals surface area contributed by atoms with Crippen molar-refractivity contribution in [3.8, 4) is 0 Å². The van der Waals surface area contributed by atoms with Crippen LogP contribution in [-0.2, 0) is 6.42 Å². The van der Waals surface area contributed by atoms with Crippen LogP contribution < -0.4 is 5.73 Å². The summed E-state index contributed by atoms with van der Waals surface area (Å²) >= 11 is 5.84. The maximum atomic E-state index is 6.08. The second-order valence-electron chi connectivity index (χ2n) is 4.98. The lowest BCUT2D eigenvalue weighted by Gasteiger charge is -2.20. The first kappa shape index (κ1) is 11.9. The minimum absolute atomic E-state index is 0.120. The summed E-state index contributed by atoms with van der Waals surface area (Å²) in [6, 6.07) is 8.07. The fourth-order valence-corrected chi connectivity index (χ4v) is 2.03. The highest BCUT2D eigenvalue weighted by Crippen LogP contribution is 2.32. The number of hydrogen-bond acceptors (Lipinski definition) is 2. The van der Waals surface area contributed by atoms with Gasteiger partial charge in [-0.2, -0.15) is 0 Å². The van der Waals surface area contributed by atoms with Gasteiger partial charge in [-0.1, -0.05) is 23.7 Å². The van der Waals surface area contributed by atoms with E-state index in [9.17, 15) is 0 Å². The molecule has 1 fully saturated rings. The van der Waals surface area contributed by atoms with Gasteiger partial charge in [0.1, 0.15) is 0 Å². The lowest BCUT2D eigenvalue weighted by Crippen LogP contribution is -2.38. The minimum Gasteiger partial charge on any atom is -0.324 e. The standard InChI is InChI=1S/C13H19ClN2/c1-16(10-13(15)7-8-13)9-6-11-2-4-12(14)5-3-11/h2-5H,6-10,15H2,1H3. The van der Waals surface area contributed by atoms with Crippen molar-refractivity contribution in [1.82, 2.24) is 4.90 Å². The second kappa shape index (κ2) is 4.74. The van der Waals surface area contributed by atoms with Crippen molar-refractivity contribution in [2.24, 2.45) is 5.73 Å². The van der Waals surface area contributed by atoms with Crippen LogP contribution in [0.5, 0.6) is 0 Å². The number of nitrogens with two attached hydrogens (primary N) is 1. The Morgan fingerprint density at radius 1 is 1.31 bits per heavy atom. The number of hydrogen-bond donors (Lipinski definition) is 1. The van der Waals surface area contributed by atoms with Crippen molar-refractivity contribution < 1.29 is 0 Å². The molecule has 0 aromatic heterocycles. The predicted octanol–water partition coefficient (Wildman–Crippen LogP) is 2.31. The molecule has 2 nitrogen and oxygen atoms in total. The van der Waals surface area contributed by atoms with Gasteiger partial charge in [0.05, 0.1) is 0 Å².